The van der Waals surface area contributed by atoms with Gasteiger partial charge in [0, 0.05) is 33.1 Å². The average Bonchev–Trinajstić information content (AvgIpc) is 2.82. The van der Waals surface area contributed by atoms with Crippen LogP contribution in [-0.2, 0) is 25.3 Å². The molecule has 0 unspecified atom stereocenters. The van der Waals surface area contributed by atoms with Gasteiger partial charge in [-0.25, -0.2) is 9.48 Å². The number of nitrogens with zero attached hydrogens (tertiary/aromatic N) is 3. The SMILES string of the molecule is Cn1nc(C[C@H]2CCCC[C@H]2NCC2=CCCOC2)n(C)c1=O. The van der Waals surface area contributed by atoms with E-state index >= 15 is 0 Å². The summed E-state index contributed by atoms with van der Waals surface area (Å²) in [7, 11) is 3.54. The Bertz CT molecular complexity index is 617. The highest BCUT2D eigenvalue weighted by Gasteiger charge is 2.27. The highest BCUT2D eigenvalue weighted by molar-refractivity contribution is 5.07. The number of hydrogen-bond donors (Lipinski definition) is 1. The molecule has 0 spiro atoms. The van der Waals surface area contributed by atoms with Crippen molar-refractivity contribution >= 4 is 0 Å². The lowest BCUT2D eigenvalue weighted by Crippen LogP contribution is -2.41. The van der Waals surface area contributed by atoms with Crippen molar-refractivity contribution in [2.24, 2.45) is 20.0 Å². The maximum atomic E-state index is 11.9. The molecule has 1 aromatic heterocycles. The summed E-state index contributed by atoms with van der Waals surface area (Å²) in [6.45, 7) is 2.53. The van der Waals surface area contributed by atoms with E-state index in [9.17, 15) is 4.79 Å². The van der Waals surface area contributed by atoms with E-state index in [1.165, 1.54) is 35.9 Å². The van der Waals surface area contributed by atoms with Gasteiger partial charge < -0.3 is 10.1 Å². The van der Waals surface area contributed by atoms with Crippen molar-refractivity contribution in [2.45, 2.75) is 44.6 Å². The van der Waals surface area contributed by atoms with E-state index in [0.29, 0.717) is 12.0 Å². The van der Waals surface area contributed by atoms with Crippen LogP contribution in [0.1, 0.15) is 37.9 Å². The molecule has 6 nitrogen and oxygen atoms in total. The van der Waals surface area contributed by atoms with Gasteiger partial charge in [-0.1, -0.05) is 18.9 Å². The van der Waals surface area contributed by atoms with Crippen LogP contribution in [-0.4, -0.2) is 40.1 Å². The minimum atomic E-state index is -0.0372. The smallest absolute Gasteiger partial charge is 0.345 e. The lowest BCUT2D eigenvalue weighted by molar-refractivity contribution is 0.147. The zero-order valence-electron chi connectivity index (χ0n) is 14.3. The standard InChI is InChI=1S/C17H28N4O2/c1-20-16(19-21(2)17(20)22)10-14-7-3-4-8-15(14)18-11-13-6-5-9-23-12-13/h6,14-15,18H,3-5,7-12H2,1-2H3/t14-,15-/m1/s1. The van der Waals surface area contributed by atoms with Crippen LogP contribution in [0.2, 0.25) is 0 Å². The lowest BCUT2D eigenvalue weighted by Gasteiger charge is -2.32. The Morgan fingerprint density at radius 1 is 1.35 bits per heavy atom. The Kier molecular flexibility index (Phi) is 5.33. The largest absolute Gasteiger partial charge is 0.377 e. The zero-order chi connectivity index (χ0) is 16.2. The molecule has 1 saturated carbocycles. The quantitative estimate of drug-likeness (QED) is 0.827. The van der Waals surface area contributed by atoms with Crippen LogP contribution in [0, 0.1) is 5.92 Å². The van der Waals surface area contributed by atoms with Crippen molar-refractivity contribution in [1.29, 1.82) is 0 Å². The third kappa shape index (κ3) is 3.93. The van der Waals surface area contributed by atoms with Gasteiger partial charge in [0.05, 0.1) is 13.2 Å². The summed E-state index contributed by atoms with van der Waals surface area (Å²) in [5.41, 5.74) is 1.33. The van der Waals surface area contributed by atoms with Gasteiger partial charge in [0.15, 0.2) is 0 Å². The first kappa shape index (κ1) is 16.5. The van der Waals surface area contributed by atoms with Gasteiger partial charge >= 0.3 is 5.69 Å². The summed E-state index contributed by atoms with van der Waals surface area (Å²) in [4.78, 5) is 11.9. The lowest BCUT2D eigenvalue weighted by atomic mass is 9.82. The molecule has 2 atom stereocenters. The van der Waals surface area contributed by atoms with Crippen molar-refractivity contribution in [2.75, 3.05) is 19.8 Å². The predicted octanol–water partition coefficient (Wildman–Crippen LogP) is 1.16. The van der Waals surface area contributed by atoms with E-state index in [1.807, 2.05) is 7.05 Å². The van der Waals surface area contributed by atoms with E-state index in [2.05, 4.69) is 16.5 Å². The number of rotatable bonds is 5. The summed E-state index contributed by atoms with van der Waals surface area (Å²) in [6.07, 6.45) is 9.18. The van der Waals surface area contributed by atoms with Gasteiger partial charge in [0.1, 0.15) is 5.82 Å². The van der Waals surface area contributed by atoms with Gasteiger partial charge in [-0.05, 0) is 30.8 Å². The van der Waals surface area contributed by atoms with E-state index in [4.69, 9.17) is 4.74 Å². The molecule has 1 aliphatic carbocycles. The van der Waals surface area contributed by atoms with Crippen molar-refractivity contribution in [1.82, 2.24) is 19.7 Å². The number of aromatic nitrogens is 3. The molecule has 0 saturated heterocycles. The summed E-state index contributed by atoms with van der Waals surface area (Å²) < 4.78 is 8.64. The Labute approximate surface area is 137 Å². The van der Waals surface area contributed by atoms with E-state index < -0.39 is 0 Å². The Morgan fingerprint density at radius 3 is 2.87 bits per heavy atom. The number of ether oxygens (including phenoxy) is 1. The normalized spacial score (nSPS) is 25.4. The zero-order valence-corrected chi connectivity index (χ0v) is 14.3. The Hall–Kier alpha value is -1.40. The van der Waals surface area contributed by atoms with Crippen molar-refractivity contribution in [3.05, 3.63) is 28.0 Å². The monoisotopic (exact) mass is 320 g/mol. The van der Waals surface area contributed by atoms with Crippen LogP contribution in [0.4, 0.5) is 0 Å². The van der Waals surface area contributed by atoms with Crippen LogP contribution >= 0.6 is 0 Å². The molecule has 0 bridgehead atoms. The summed E-state index contributed by atoms with van der Waals surface area (Å²) in [6, 6.07) is 0.503. The molecule has 6 heteroatoms. The first-order valence-electron chi connectivity index (χ1n) is 8.73. The minimum Gasteiger partial charge on any atom is -0.377 e. The van der Waals surface area contributed by atoms with Crippen molar-refractivity contribution in [3.63, 3.8) is 0 Å². The minimum absolute atomic E-state index is 0.0372. The Balaban J connectivity index is 1.62. The van der Waals surface area contributed by atoms with E-state index in [1.54, 1.807) is 11.6 Å². The molecule has 1 aromatic rings. The molecule has 128 valence electrons. The second-order valence-electron chi connectivity index (χ2n) is 6.82. The second-order valence-corrected chi connectivity index (χ2v) is 6.82. The first-order valence-corrected chi connectivity index (χ1v) is 8.73. The van der Waals surface area contributed by atoms with Gasteiger partial charge in [-0.2, -0.15) is 5.10 Å². The maximum Gasteiger partial charge on any atom is 0.345 e. The molecule has 2 aliphatic rings. The molecule has 1 aliphatic heterocycles. The molecule has 0 radical (unpaired) electrons. The van der Waals surface area contributed by atoms with Crippen LogP contribution < -0.4 is 11.0 Å². The van der Waals surface area contributed by atoms with Crippen LogP contribution in [0.3, 0.4) is 0 Å². The highest BCUT2D eigenvalue weighted by atomic mass is 16.5. The van der Waals surface area contributed by atoms with Gasteiger partial charge in [0.25, 0.3) is 0 Å². The molecule has 1 N–H and O–H groups in total. The molecule has 2 heterocycles. The molecular weight excluding hydrogens is 292 g/mol. The fraction of sp³-hybridized carbons (Fsp3) is 0.765. The first-order chi connectivity index (χ1) is 11.1. The van der Waals surface area contributed by atoms with Crippen molar-refractivity contribution in [3.8, 4) is 0 Å². The van der Waals surface area contributed by atoms with Gasteiger partial charge in [-0.3, -0.25) is 4.57 Å². The molecule has 1 fully saturated rings. The van der Waals surface area contributed by atoms with E-state index in [-0.39, 0.29) is 5.69 Å². The van der Waals surface area contributed by atoms with Crippen LogP contribution in [0.25, 0.3) is 0 Å². The Morgan fingerprint density at radius 2 is 2.17 bits per heavy atom. The second kappa shape index (κ2) is 7.45. The molecule has 0 aromatic carbocycles. The highest BCUT2D eigenvalue weighted by Crippen LogP contribution is 2.27. The van der Waals surface area contributed by atoms with Crippen LogP contribution in [0.15, 0.2) is 16.4 Å². The predicted molar refractivity (Wildman–Crippen MR) is 89.4 cm³/mol. The summed E-state index contributed by atoms with van der Waals surface area (Å²) in [5, 5.41) is 8.13. The summed E-state index contributed by atoms with van der Waals surface area (Å²) >= 11 is 0. The third-order valence-corrected chi connectivity index (χ3v) is 5.14. The number of hydrogen-bond acceptors (Lipinski definition) is 4. The van der Waals surface area contributed by atoms with Crippen LogP contribution in [0.5, 0.6) is 0 Å². The maximum absolute atomic E-state index is 11.9. The summed E-state index contributed by atoms with van der Waals surface area (Å²) in [5.74, 6) is 1.45. The number of aryl methyl sites for hydroxylation is 1. The molecular formula is C17H28N4O2. The van der Waals surface area contributed by atoms with Gasteiger partial charge in [-0.15, -0.1) is 0 Å². The average molecular weight is 320 g/mol. The van der Waals surface area contributed by atoms with Crippen molar-refractivity contribution < 1.29 is 4.74 Å². The topological polar surface area (TPSA) is 61.1 Å². The third-order valence-electron chi connectivity index (χ3n) is 5.14. The molecule has 23 heavy (non-hydrogen) atoms. The fourth-order valence-corrected chi connectivity index (χ4v) is 3.74. The molecule has 3 rings (SSSR count). The number of nitrogens with one attached hydrogen (secondary N) is 1. The van der Waals surface area contributed by atoms with E-state index in [0.717, 1.165) is 38.4 Å². The fourth-order valence-electron chi connectivity index (χ4n) is 3.74. The molecule has 0 amide bonds. The van der Waals surface area contributed by atoms with Gasteiger partial charge in [0.2, 0.25) is 0 Å².